The van der Waals surface area contributed by atoms with Crippen LogP contribution in [0.25, 0.3) is 11.5 Å². The van der Waals surface area contributed by atoms with Crippen molar-refractivity contribution in [3.8, 4) is 17.2 Å². The Morgan fingerprint density at radius 3 is 2.59 bits per heavy atom. The maximum atomic E-state index is 12.2. The van der Waals surface area contributed by atoms with Gasteiger partial charge >= 0.3 is 5.97 Å². The highest BCUT2D eigenvalue weighted by atomic mass is 16.6. The molecule has 9 heteroatoms. The monoisotopic (exact) mass is 369 g/mol. The van der Waals surface area contributed by atoms with Crippen molar-refractivity contribution in [3.63, 3.8) is 0 Å². The fourth-order valence-corrected chi connectivity index (χ4v) is 2.33. The zero-order valence-electron chi connectivity index (χ0n) is 14.4. The van der Waals surface area contributed by atoms with Crippen LogP contribution < -0.4 is 0 Å². The molecule has 1 aromatic heterocycles. The van der Waals surface area contributed by atoms with Crippen molar-refractivity contribution in [2.45, 2.75) is 20.0 Å². The average molecular weight is 369 g/mol. The number of hydrogen-bond acceptors (Lipinski definition) is 8. The lowest BCUT2D eigenvalue weighted by molar-refractivity contribution is -0.384. The molecule has 138 valence electrons. The molecule has 2 aromatic carbocycles. The third-order valence-electron chi connectivity index (χ3n) is 3.77. The number of nitrogens with zero attached hydrogens (tertiary/aromatic N) is 3. The molecular formula is C18H15N3O6. The van der Waals surface area contributed by atoms with Gasteiger partial charge in [-0.2, -0.15) is 0 Å². The zero-order chi connectivity index (χ0) is 19.6. The smallest absolute Gasteiger partial charge is 0.342 e. The Labute approximate surface area is 153 Å². The van der Waals surface area contributed by atoms with Crippen LogP contribution in [0.2, 0.25) is 0 Å². The van der Waals surface area contributed by atoms with Gasteiger partial charge in [-0.15, -0.1) is 10.2 Å². The number of carbonyl (C=O) groups excluding carboxylic acids is 1. The first kappa shape index (κ1) is 18.1. The molecule has 1 N–H and O–H groups in total. The van der Waals surface area contributed by atoms with Crippen LogP contribution in [0.1, 0.15) is 34.8 Å². The van der Waals surface area contributed by atoms with Crippen LogP contribution in [0.15, 0.2) is 46.9 Å². The van der Waals surface area contributed by atoms with Gasteiger partial charge in [-0.3, -0.25) is 10.1 Å². The van der Waals surface area contributed by atoms with E-state index in [-0.39, 0.29) is 28.8 Å². The number of nitro benzene ring substituents is 1. The molecule has 3 rings (SSSR count). The summed E-state index contributed by atoms with van der Waals surface area (Å²) < 4.78 is 10.8. The molecule has 0 unspecified atom stereocenters. The summed E-state index contributed by atoms with van der Waals surface area (Å²) in [5, 5.41) is 28.2. The molecule has 0 bridgehead atoms. The summed E-state index contributed by atoms with van der Waals surface area (Å²) in [4.78, 5) is 22.4. The summed E-state index contributed by atoms with van der Waals surface area (Å²) >= 11 is 0. The minimum Gasteiger partial charge on any atom is -0.507 e. The number of phenols is 1. The molecule has 0 saturated heterocycles. The second kappa shape index (κ2) is 7.24. The standard InChI is InChI=1S/C18H15N3O6/c1-10-3-8-15(22)14(9-10)18(23)26-11(2)16-19-20-17(27-16)12-4-6-13(7-5-12)21(24)25/h3-9,11,22H,1-2H3/t11-/m1/s1. The number of non-ortho nitro benzene ring substituents is 1. The van der Waals surface area contributed by atoms with Crippen LogP contribution >= 0.6 is 0 Å². The van der Waals surface area contributed by atoms with E-state index in [0.29, 0.717) is 5.56 Å². The van der Waals surface area contributed by atoms with Gasteiger partial charge in [0.2, 0.25) is 5.89 Å². The van der Waals surface area contributed by atoms with Crippen molar-refractivity contribution in [2.75, 3.05) is 0 Å². The molecule has 0 fully saturated rings. The van der Waals surface area contributed by atoms with E-state index < -0.39 is 17.0 Å². The summed E-state index contributed by atoms with van der Waals surface area (Å²) in [6.07, 6.45) is -0.850. The van der Waals surface area contributed by atoms with E-state index in [1.54, 1.807) is 19.9 Å². The Bertz CT molecular complexity index is 997. The lowest BCUT2D eigenvalue weighted by atomic mass is 10.1. The Morgan fingerprint density at radius 2 is 1.93 bits per heavy atom. The maximum absolute atomic E-state index is 12.2. The van der Waals surface area contributed by atoms with Crippen LogP contribution in [-0.2, 0) is 4.74 Å². The van der Waals surface area contributed by atoms with Crippen LogP contribution in [-0.4, -0.2) is 26.2 Å². The fourth-order valence-electron chi connectivity index (χ4n) is 2.33. The Kier molecular flexibility index (Phi) is 4.84. The van der Waals surface area contributed by atoms with Crippen molar-refractivity contribution < 1.29 is 24.0 Å². The first-order valence-corrected chi connectivity index (χ1v) is 7.94. The molecule has 1 heterocycles. The van der Waals surface area contributed by atoms with Gasteiger partial charge in [0.25, 0.3) is 11.6 Å². The highest BCUT2D eigenvalue weighted by molar-refractivity contribution is 5.92. The van der Waals surface area contributed by atoms with Crippen LogP contribution in [0.4, 0.5) is 5.69 Å². The number of hydrogen-bond donors (Lipinski definition) is 1. The van der Waals surface area contributed by atoms with Gasteiger partial charge in [0, 0.05) is 17.7 Å². The quantitative estimate of drug-likeness (QED) is 0.410. The largest absolute Gasteiger partial charge is 0.507 e. The number of nitro groups is 1. The molecular weight excluding hydrogens is 354 g/mol. The Morgan fingerprint density at radius 1 is 1.22 bits per heavy atom. The SMILES string of the molecule is Cc1ccc(O)c(C(=O)O[C@H](C)c2nnc(-c3ccc([N+](=O)[O-])cc3)o2)c1. The first-order chi connectivity index (χ1) is 12.8. The number of esters is 1. The van der Waals surface area contributed by atoms with Crippen molar-refractivity contribution in [1.29, 1.82) is 0 Å². The van der Waals surface area contributed by atoms with E-state index in [1.807, 2.05) is 0 Å². The first-order valence-electron chi connectivity index (χ1n) is 7.94. The number of ether oxygens (including phenoxy) is 1. The molecule has 0 aliphatic heterocycles. The summed E-state index contributed by atoms with van der Waals surface area (Å²) in [7, 11) is 0. The third-order valence-corrected chi connectivity index (χ3v) is 3.77. The van der Waals surface area contributed by atoms with E-state index >= 15 is 0 Å². The summed E-state index contributed by atoms with van der Waals surface area (Å²) in [6.45, 7) is 3.34. The van der Waals surface area contributed by atoms with Crippen molar-refractivity contribution in [1.82, 2.24) is 10.2 Å². The predicted octanol–water partition coefficient (Wildman–Crippen LogP) is 3.58. The van der Waals surface area contributed by atoms with Gasteiger partial charge in [-0.1, -0.05) is 11.6 Å². The number of benzene rings is 2. The molecule has 9 nitrogen and oxygen atoms in total. The van der Waals surface area contributed by atoms with Crippen molar-refractivity contribution >= 4 is 11.7 Å². The number of carbonyl (C=O) groups is 1. The second-order valence-electron chi connectivity index (χ2n) is 5.82. The molecule has 0 aliphatic rings. The Balaban J connectivity index is 1.74. The topological polar surface area (TPSA) is 129 Å². The lowest BCUT2D eigenvalue weighted by Crippen LogP contribution is -2.10. The van der Waals surface area contributed by atoms with E-state index in [2.05, 4.69) is 10.2 Å². The van der Waals surface area contributed by atoms with E-state index in [4.69, 9.17) is 9.15 Å². The molecule has 1 atom stereocenters. The van der Waals surface area contributed by atoms with Crippen molar-refractivity contribution in [3.05, 3.63) is 69.6 Å². The minimum atomic E-state index is -0.850. The molecule has 0 aliphatic carbocycles. The average Bonchev–Trinajstić information content (AvgIpc) is 3.14. The van der Waals surface area contributed by atoms with Crippen LogP contribution in [0.5, 0.6) is 5.75 Å². The van der Waals surface area contributed by atoms with Gasteiger partial charge < -0.3 is 14.3 Å². The molecule has 3 aromatic rings. The summed E-state index contributed by atoms with van der Waals surface area (Å²) in [6, 6.07) is 10.2. The highest BCUT2D eigenvalue weighted by Gasteiger charge is 2.22. The molecule has 27 heavy (non-hydrogen) atoms. The second-order valence-corrected chi connectivity index (χ2v) is 5.82. The van der Waals surface area contributed by atoms with Crippen LogP contribution in [0.3, 0.4) is 0 Å². The van der Waals surface area contributed by atoms with E-state index in [1.165, 1.54) is 36.4 Å². The number of rotatable bonds is 5. The number of aromatic nitrogens is 2. The van der Waals surface area contributed by atoms with Gasteiger partial charge in [-0.25, -0.2) is 4.79 Å². The van der Waals surface area contributed by atoms with Crippen LogP contribution in [0, 0.1) is 17.0 Å². The minimum absolute atomic E-state index is 0.0388. The number of aryl methyl sites for hydroxylation is 1. The fraction of sp³-hybridized carbons (Fsp3) is 0.167. The Hall–Kier alpha value is -3.75. The molecule has 0 amide bonds. The highest BCUT2D eigenvalue weighted by Crippen LogP contribution is 2.26. The molecule has 0 spiro atoms. The van der Waals surface area contributed by atoms with Gasteiger partial charge in [-0.05, 0) is 38.1 Å². The maximum Gasteiger partial charge on any atom is 0.342 e. The normalized spacial score (nSPS) is 11.8. The predicted molar refractivity (Wildman–Crippen MR) is 93.1 cm³/mol. The summed E-state index contributed by atoms with van der Waals surface area (Å²) in [5.41, 5.74) is 1.27. The van der Waals surface area contributed by atoms with E-state index in [9.17, 15) is 20.0 Å². The third kappa shape index (κ3) is 3.92. The molecule has 0 saturated carbocycles. The van der Waals surface area contributed by atoms with Gasteiger partial charge in [0.1, 0.15) is 11.3 Å². The summed E-state index contributed by atoms with van der Waals surface area (Å²) in [5.74, 6) is -0.710. The van der Waals surface area contributed by atoms with Gasteiger partial charge in [0.15, 0.2) is 6.10 Å². The van der Waals surface area contributed by atoms with E-state index in [0.717, 1.165) is 5.56 Å². The van der Waals surface area contributed by atoms with Crippen molar-refractivity contribution in [2.24, 2.45) is 0 Å². The lowest BCUT2D eigenvalue weighted by Gasteiger charge is -2.10. The van der Waals surface area contributed by atoms with Gasteiger partial charge in [0.05, 0.1) is 4.92 Å². The zero-order valence-corrected chi connectivity index (χ0v) is 14.4. The number of phenolic OH excluding ortho intramolecular Hbond substituents is 1. The molecule has 0 radical (unpaired) electrons. The number of aromatic hydroxyl groups is 1.